The fourth-order valence-corrected chi connectivity index (χ4v) is 2.38. The number of hydrogen-bond acceptors (Lipinski definition) is 3. The summed E-state index contributed by atoms with van der Waals surface area (Å²) >= 11 is 0. The van der Waals surface area contributed by atoms with E-state index in [0.717, 1.165) is 19.6 Å². The van der Waals surface area contributed by atoms with Crippen molar-refractivity contribution in [2.45, 2.75) is 6.54 Å². The monoisotopic (exact) mass is 248 g/mol. The molecule has 4 heteroatoms. The maximum absolute atomic E-state index is 11.2. The zero-order valence-corrected chi connectivity index (χ0v) is 10.7. The smallest absolute Gasteiger partial charge is 0.309 e. The first-order valence-corrected chi connectivity index (χ1v) is 6.33. The van der Waals surface area contributed by atoms with Gasteiger partial charge >= 0.3 is 5.97 Å². The number of likely N-dealkylation sites (N-methyl/N-ethyl adjacent to an activating group) is 1. The highest BCUT2D eigenvalue weighted by atomic mass is 16.4. The summed E-state index contributed by atoms with van der Waals surface area (Å²) in [5, 5.41) is 9.21. The van der Waals surface area contributed by atoms with Gasteiger partial charge in [-0.3, -0.25) is 9.69 Å². The van der Waals surface area contributed by atoms with Crippen LogP contribution in [0.1, 0.15) is 5.56 Å². The van der Waals surface area contributed by atoms with Crippen LogP contribution in [0.15, 0.2) is 30.3 Å². The van der Waals surface area contributed by atoms with E-state index in [4.69, 9.17) is 0 Å². The number of hydrogen-bond donors (Lipinski definition) is 1. The van der Waals surface area contributed by atoms with Crippen molar-refractivity contribution in [2.75, 3.05) is 33.2 Å². The van der Waals surface area contributed by atoms with Gasteiger partial charge in [0.15, 0.2) is 0 Å². The van der Waals surface area contributed by atoms with E-state index in [1.165, 1.54) is 5.56 Å². The van der Waals surface area contributed by atoms with E-state index in [2.05, 4.69) is 21.9 Å². The van der Waals surface area contributed by atoms with Crippen molar-refractivity contribution in [1.29, 1.82) is 0 Å². The Morgan fingerprint density at radius 1 is 1.28 bits per heavy atom. The molecule has 4 nitrogen and oxygen atoms in total. The van der Waals surface area contributed by atoms with E-state index in [-0.39, 0.29) is 5.92 Å². The number of benzene rings is 1. The molecule has 1 N–H and O–H groups in total. The largest absolute Gasteiger partial charge is 0.481 e. The third kappa shape index (κ3) is 3.55. The van der Waals surface area contributed by atoms with Crippen molar-refractivity contribution in [1.82, 2.24) is 9.80 Å². The molecule has 1 atom stereocenters. The summed E-state index contributed by atoms with van der Waals surface area (Å²) in [6, 6.07) is 10.2. The maximum Gasteiger partial charge on any atom is 0.309 e. The molecule has 1 aliphatic heterocycles. The van der Waals surface area contributed by atoms with Gasteiger partial charge in [-0.25, -0.2) is 0 Å². The lowest BCUT2D eigenvalue weighted by Gasteiger charge is -2.21. The van der Waals surface area contributed by atoms with Gasteiger partial charge < -0.3 is 10.0 Å². The lowest BCUT2D eigenvalue weighted by molar-refractivity contribution is -0.142. The summed E-state index contributed by atoms with van der Waals surface area (Å²) in [5.41, 5.74) is 1.24. The van der Waals surface area contributed by atoms with E-state index in [0.29, 0.717) is 13.1 Å². The molecule has 1 aromatic carbocycles. The van der Waals surface area contributed by atoms with E-state index in [9.17, 15) is 9.90 Å². The Morgan fingerprint density at radius 2 is 2.00 bits per heavy atom. The van der Waals surface area contributed by atoms with Gasteiger partial charge in [0.2, 0.25) is 0 Å². The molecule has 0 aliphatic carbocycles. The topological polar surface area (TPSA) is 43.8 Å². The SMILES string of the molecule is CN1CCN(Cc2ccccc2)CC(C(=O)O)C1. The van der Waals surface area contributed by atoms with Crippen molar-refractivity contribution in [3.05, 3.63) is 35.9 Å². The highest BCUT2D eigenvalue weighted by molar-refractivity contribution is 5.70. The molecule has 1 unspecified atom stereocenters. The molecule has 0 saturated carbocycles. The second-order valence-electron chi connectivity index (χ2n) is 5.02. The van der Waals surface area contributed by atoms with Gasteiger partial charge in [-0.1, -0.05) is 30.3 Å². The molecule has 1 aromatic rings. The summed E-state index contributed by atoms with van der Waals surface area (Å²) in [6.07, 6.45) is 0. The van der Waals surface area contributed by atoms with Gasteiger partial charge in [0.1, 0.15) is 0 Å². The lowest BCUT2D eigenvalue weighted by atomic mass is 10.1. The normalized spacial score (nSPS) is 22.6. The fourth-order valence-electron chi connectivity index (χ4n) is 2.38. The second-order valence-corrected chi connectivity index (χ2v) is 5.02. The first-order valence-electron chi connectivity index (χ1n) is 6.33. The van der Waals surface area contributed by atoms with Gasteiger partial charge in [0.25, 0.3) is 0 Å². The van der Waals surface area contributed by atoms with Crippen molar-refractivity contribution in [3.63, 3.8) is 0 Å². The molecule has 0 amide bonds. The van der Waals surface area contributed by atoms with Crippen LogP contribution in [0.25, 0.3) is 0 Å². The molecule has 1 saturated heterocycles. The highest BCUT2D eigenvalue weighted by Crippen LogP contribution is 2.12. The lowest BCUT2D eigenvalue weighted by Crippen LogP contribution is -2.33. The van der Waals surface area contributed by atoms with Gasteiger partial charge in [0.05, 0.1) is 5.92 Å². The number of rotatable bonds is 3. The van der Waals surface area contributed by atoms with E-state index >= 15 is 0 Å². The molecule has 0 bridgehead atoms. The van der Waals surface area contributed by atoms with Crippen LogP contribution in [0.4, 0.5) is 0 Å². The quantitative estimate of drug-likeness (QED) is 0.871. The van der Waals surface area contributed by atoms with Crippen molar-refractivity contribution in [2.24, 2.45) is 5.92 Å². The number of carboxylic acids is 1. The minimum atomic E-state index is -0.693. The van der Waals surface area contributed by atoms with Crippen LogP contribution >= 0.6 is 0 Å². The fraction of sp³-hybridized carbons (Fsp3) is 0.500. The molecule has 18 heavy (non-hydrogen) atoms. The van der Waals surface area contributed by atoms with Crippen molar-refractivity contribution < 1.29 is 9.90 Å². The molecule has 1 fully saturated rings. The van der Waals surface area contributed by atoms with Crippen LogP contribution in [0.2, 0.25) is 0 Å². The number of aliphatic carboxylic acids is 1. The first-order chi connectivity index (χ1) is 8.65. The summed E-state index contributed by atoms with van der Waals surface area (Å²) in [6.45, 7) is 3.96. The zero-order valence-electron chi connectivity index (χ0n) is 10.7. The van der Waals surface area contributed by atoms with Crippen molar-refractivity contribution in [3.8, 4) is 0 Å². The predicted octanol–water partition coefficient (Wildman–Crippen LogP) is 1.13. The Hall–Kier alpha value is -1.39. The summed E-state index contributed by atoms with van der Waals surface area (Å²) in [5.74, 6) is -0.983. The average molecular weight is 248 g/mol. The molecule has 0 radical (unpaired) electrons. The summed E-state index contributed by atoms with van der Waals surface area (Å²) in [7, 11) is 1.99. The van der Waals surface area contributed by atoms with Gasteiger partial charge in [-0.2, -0.15) is 0 Å². The molecule has 98 valence electrons. The van der Waals surface area contributed by atoms with Crippen LogP contribution in [0.3, 0.4) is 0 Å². The molecular formula is C14H20N2O2. The van der Waals surface area contributed by atoms with Crippen LogP contribution in [-0.2, 0) is 11.3 Å². The Bertz CT molecular complexity index is 394. The maximum atomic E-state index is 11.2. The summed E-state index contributed by atoms with van der Waals surface area (Å²) < 4.78 is 0. The first kappa shape index (κ1) is 13.1. The number of nitrogens with zero attached hydrogens (tertiary/aromatic N) is 2. The second kappa shape index (κ2) is 5.98. The molecule has 2 rings (SSSR count). The molecule has 0 spiro atoms. The Labute approximate surface area is 108 Å². The van der Waals surface area contributed by atoms with E-state index < -0.39 is 5.97 Å². The summed E-state index contributed by atoms with van der Waals surface area (Å²) in [4.78, 5) is 15.5. The molecule has 1 heterocycles. The van der Waals surface area contributed by atoms with Crippen LogP contribution in [0.5, 0.6) is 0 Å². The van der Waals surface area contributed by atoms with Gasteiger partial charge in [-0.15, -0.1) is 0 Å². The predicted molar refractivity (Wildman–Crippen MR) is 70.3 cm³/mol. The minimum absolute atomic E-state index is 0.291. The number of carboxylic acid groups (broad SMARTS) is 1. The molecular weight excluding hydrogens is 228 g/mol. The van der Waals surface area contributed by atoms with Crippen molar-refractivity contribution >= 4 is 5.97 Å². The standard InChI is InChI=1S/C14H20N2O2/c1-15-7-8-16(11-13(10-15)14(17)18)9-12-5-3-2-4-6-12/h2-6,13H,7-11H2,1H3,(H,17,18). The van der Waals surface area contributed by atoms with E-state index in [1.807, 2.05) is 25.2 Å². The van der Waals surface area contributed by atoms with Gasteiger partial charge in [0, 0.05) is 32.7 Å². The zero-order chi connectivity index (χ0) is 13.0. The van der Waals surface area contributed by atoms with Crippen LogP contribution in [0, 0.1) is 5.92 Å². The average Bonchev–Trinajstić information content (AvgIpc) is 2.53. The third-order valence-electron chi connectivity index (χ3n) is 3.41. The highest BCUT2D eigenvalue weighted by Gasteiger charge is 2.25. The minimum Gasteiger partial charge on any atom is -0.481 e. The number of carbonyl (C=O) groups is 1. The molecule has 1 aliphatic rings. The Morgan fingerprint density at radius 3 is 2.67 bits per heavy atom. The van der Waals surface area contributed by atoms with Gasteiger partial charge in [-0.05, 0) is 12.6 Å². The van der Waals surface area contributed by atoms with Crippen LogP contribution < -0.4 is 0 Å². The van der Waals surface area contributed by atoms with E-state index in [1.54, 1.807) is 0 Å². The Kier molecular flexibility index (Phi) is 4.33. The van der Waals surface area contributed by atoms with Crippen LogP contribution in [-0.4, -0.2) is 54.1 Å². The molecule has 0 aromatic heterocycles. The Balaban J connectivity index is 2.01. The third-order valence-corrected chi connectivity index (χ3v) is 3.41.